The van der Waals surface area contributed by atoms with E-state index < -0.39 is 0 Å². The number of piperazine rings is 1. The predicted octanol–water partition coefficient (Wildman–Crippen LogP) is 3.49. The fraction of sp³-hybridized carbons (Fsp3) is 0.423. The Labute approximate surface area is 215 Å². The number of hydrogen-bond acceptors (Lipinski definition) is 7. The number of carbonyl (C=O) groups excluding carboxylic acids is 1. The largest absolute Gasteiger partial charge is 0.358 e. The molecule has 2 aliphatic heterocycles. The summed E-state index contributed by atoms with van der Waals surface area (Å²) in [6.07, 6.45) is 8.15. The normalized spacial score (nSPS) is 17.4. The fourth-order valence-electron chi connectivity index (χ4n) is 5.16. The SMILES string of the molecule is Cc1c(N2Cc3ccccc3[C@@H]2CCCCC(=O)N2CCN(c3ncc(Cl)cn3)CC2)cn[nH]c1=O. The molecule has 1 atom stereocenters. The summed E-state index contributed by atoms with van der Waals surface area (Å²) >= 11 is 5.88. The molecule has 36 heavy (non-hydrogen) atoms. The van der Waals surface area contributed by atoms with E-state index in [1.807, 2.05) is 11.8 Å². The van der Waals surface area contributed by atoms with Crippen LogP contribution in [0.15, 0.2) is 47.7 Å². The van der Waals surface area contributed by atoms with E-state index in [2.05, 4.69) is 54.2 Å². The first-order valence-corrected chi connectivity index (χ1v) is 12.8. The molecule has 1 N–H and O–H groups in total. The smallest absolute Gasteiger partial charge is 0.269 e. The number of rotatable bonds is 7. The van der Waals surface area contributed by atoms with Crippen molar-refractivity contribution in [3.63, 3.8) is 0 Å². The Hall–Kier alpha value is -3.46. The second-order valence-electron chi connectivity index (χ2n) is 9.37. The Kier molecular flexibility index (Phi) is 7.18. The molecule has 1 saturated heterocycles. The van der Waals surface area contributed by atoms with Crippen molar-refractivity contribution in [2.75, 3.05) is 36.0 Å². The molecule has 1 amide bonds. The molecule has 0 spiro atoms. The van der Waals surface area contributed by atoms with Crippen LogP contribution in [0.3, 0.4) is 0 Å². The molecule has 2 aliphatic rings. The van der Waals surface area contributed by atoms with Gasteiger partial charge in [0.05, 0.1) is 35.3 Å². The molecule has 9 nitrogen and oxygen atoms in total. The molecule has 0 unspecified atom stereocenters. The summed E-state index contributed by atoms with van der Waals surface area (Å²) in [5.41, 5.74) is 3.97. The van der Waals surface area contributed by atoms with Crippen LogP contribution in [0.1, 0.15) is 48.4 Å². The minimum atomic E-state index is -0.157. The van der Waals surface area contributed by atoms with Gasteiger partial charge in [-0.2, -0.15) is 5.10 Å². The Bertz CT molecular complexity index is 1270. The number of unbranched alkanes of at least 4 members (excludes halogenated alkanes) is 1. The van der Waals surface area contributed by atoms with Crippen molar-refractivity contribution in [2.45, 2.75) is 45.2 Å². The quantitative estimate of drug-likeness (QED) is 0.489. The fourth-order valence-corrected chi connectivity index (χ4v) is 5.26. The second-order valence-corrected chi connectivity index (χ2v) is 9.80. The van der Waals surface area contributed by atoms with Crippen molar-refractivity contribution in [3.8, 4) is 0 Å². The van der Waals surface area contributed by atoms with Gasteiger partial charge >= 0.3 is 0 Å². The van der Waals surface area contributed by atoms with Gasteiger partial charge in [-0.3, -0.25) is 9.59 Å². The molecule has 0 saturated carbocycles. The molecular formula is C26H30ClN7O2. The molecule has 4 heterocycles. The van der Waals surface area contributed by atoms with Gasteiger partial charge in [0, 0.05) is 44.7 Å². The van der Waals surface area contributed by atoms with E-state index >= 15 is 0 Å². The Morgan fingerprint density at radius 3 is 2.61 bits per heavy atom. The Morgan fingerprint density at radius 2 is 1.83 bits per heavy atom. The molecule has 10 heteroatoms. The number of anilines is 2. The highest BCUT2D eigenvalue weighted by atomic mass is 35.5. The van der Waals surface area contributed by atoms with Gasteiger partial charge in [-0.1, -0.05) is 42.3 Å². The number of aromatic amines is 1. The number of aromatic nitrogens is 4. The van der Waals surface area contributed by atoms with Gasteiger partial charge in [0.15, 0.2) is 0 Å². The Balaban J connectivity index is 1.15. The van der Waals surface area contributed by atoms with Crippen LogP contribution in [-0.2, 0) is 11.3 Å². The molecule has 188 valence electrons. The highest BCUT2D eigenvalue weighted by Crippen LogP contribution is 2.40. The molecular weight excluding hydrogens is 478 g/mol. The van der Waals surface area contributed by atoms with Gasteiger partial charge in [-0.05, 0) is 30.9 Å². The van der Waals surface area contributed by atoms with Gasteiger partial charge in [0.2, 0.25) is 11.9 Å². The lowest BCUT2D eigenvalue weighted by Gasteiger charge is -2.34. The van der Waals surface area contributed by atoms with E-state index in [1.54, 1.807) is 18.6 Å². The summed E-state index contributed by atoms with van der Waals surface area (Å²) < 4.78 is 0. The summed E-state index contributed by atoms with van der Waals surface area (Å²) in [4.78, 5) is 39.9. The van der Waals surface area contributed by atoms with Gasteiger partial charge in [0.1, 0.15) is 0 Å². The van der Waals surface area contributed by atoms with Crippen LogP contribution in [0.25, 0.3) is 0 Å². The molecule has 0 aliphatic carbocycles. The van der Waals surface area contributed by atoms with E-state index in [9.17, 15) is 9.59 Å². The van der Waals surface area contributed by atoms with Crippen LogP contribution >= 0.6 is 11.6 Å². The third kappa shape index (κ3) is 5.06. The van der Waals surface area contributed by atoms with Crippen LogP contribution in [0.2, 0.25) is 5.02 Å². The van der Waals surface area contributed by atoms with Crippen molar-refractivity contribution >= 4 is 29.1 Å². The average molecular weight is 508 g/mol. The number of carbonyl (C=O) groups is 1. The number of nitrogens with one attached hydrogen (secondary N) is 1. The van der Waals surface area contributed by atoms with Gasteiger partial charge < -0.3 is 14.7 Å². The van der Waals surface area contributed by atoms with Crippen molar-refractivity contribution in [1.82, 2.24) is 25.1 Å². The zero-order valence-electron chi connectivity index (χ0n) is 20.4. The third-order valence-electron chi connectivity index (χ3n) is 7.16. The molecule has 1 aromatic carbocycles. The van der Waals surface area contributed by atoms with E-state index in [-0.39, 0.29) is 17.5 Å². The number of benzene rings is 1. The Morgan fingerprint density at radius 1 is 1.08 bits per heavy atom. The van der Waals surface area contributed by atoms with Crippen LogP contribution in [0.5, 0.6) is 0 Å². The van der Waals surface area contributed by atoms with Crippen LogP contribution in [0, 0.1) is 6.92 Å². The van der Waals surface area contributed by atoms with Crippen molar-refractivity contribution in [2.24, 2.45) is 0 Å². The zero-order valence-corrected chi connectivity index (χ0v) is 21.1. The van der Waals surface area contributed by atoms with Crippen molar-refractivity contribution in [1.29, 1.82) is 0 Å². The maximum Gasteiger partial charge on any atom is 0.269 e. The van der Waals surface area contributed by atoms with Crippen LogP contribution in [0.4, 0.5) is 11.6 Å². The maximum atomic E-state index is 12.9. The van der Waals surface area contributed by atoms with Gasteiger partial charge in [-0.25, -0.2) is 15.1 Å². The molecule has 0 radical (unpaired) electrons. The lowest BCUT2D eigenvalue weighted by molar-refractivity contribution is -0.131. The van der Waals surface area contributed by atoms with Crippen LogP contribution in [-0.4, -0.2) is 57.2 Å². The van der Waals surface area contributed by atoms with E-state index in [4.69, 9.17) is 11.6 Å². The summed E-state index contributed by atoms with van der Waals surface area (Å²) in [6.45, 7) is 5.36. The number of nitrogens with zero attached hydrogens (tertiary/aromatic N) is 6. The minimum Gasteiger partial charge on any atom is -0.358 e. The molecule has 0 bridgehead atoms. The number of fused-ring (bicyclic) bond motifs is 1. The zero-order chi connectivity index (χ0) is 25.1. The highest BCUT2D eigenvalue weighted by Gasteiger charge is 2.31. The number of H-pyrrole nitrogens is 1. The predicted molar refractivity (Wildman–Crippen MR) is 139 cm³/mol. The van der Waals surface area contributed by atoms with Crippen molar-refractivity contribution < 1.29 is 4.79 Å². The first-order chi connectivity index (χ1) is 17.5. The van der Waals surface area contributed by atoms with Gasteiger partial charge in [0.25, 0.3) is 5.56 Å². The molecule has 2 aromatic heterocycles. The number of hydrogen-bond donors (Lipinski definition) is 1. The summed E-state index contributed by atoms with van der Waals surface area (Å²) in [5.74, 6) is 0.851. The maximum absolute atomic E-state index is 12.9. The minimum absolute atomic E-state index is 0.157. The molecule has 1 fully saturated rings. The van der Waals surface area contributed by atoms with Crippen molar-refractivity contribution in [3.05, 3.63) is 74.9 Å². The molecule has 3 aromatic rings. The summed E-state index contributed by atoms with van der Waals surface area (Å²) in [7, 11) is 0. The van der Waals surface area contributed by atoms with E-state index in [1.165, 1.54) is 11.1 Å². The molecule has 5 rings (SSSR count). The first-order valence-electron chi connectivity index (χ1n) is 12.4. The topological polar surface area (TPSA) is 98.3 Å². The lowest BCUT2D eigenvalue weighted by atomic mass is 9.99. The summed E-state index contributed by atoms with van der Waals surface area (Å²) in [6, 6.07) is 8.61. The van der Waals surface area contributed by atoms with Crippen LogP contribution < -0.4 is 15.4 Å². The highest BCUT2D eigenvalue weighted by molar-refractivity contribution is 6.30. The lowest BCUT2D eigenvalue weighted by Crippen LogP contribution is -2.49. The standard InChI is InChI=1S/C26H30ClN7O2/c1-18-23(16-30-31-25(18)36)34-17-19-6-2-3-7-21(19)22(34)8-4-5-9-24(35)32-10-12-33(13-11-32)26-28-14-20(27)15-29-26/h2-3,6-7,14-16,22H,4-5,8-13,17H2,1H3,(H,31,36)/t22-/m0/s1. The van der Waals surface area contributed by atoms with E-state index in [0.717, 1.165) is 31.5 Å². The number of halogens is 1. The monoisotopic (exact) mass is 507 g/mol. The van der Waals surface area contributed by atoms with Gasteiger partial charge in [-0.15, -0.1) is 0 Å². The first kappa shape index (κ1) is 24.2. The number of amides is 1. The van der Waals surface area contributed by atoms with E-state index in [0.29, 0.717) is 49.1 Å². The summed E-state index contributed by atoms with van der Waals surface area (Å²) in [5, 5.41) is 7.07. The second kappa shape index (κ2) is 10.7. The average Bonchev–Trinajstić information content (AvgIpc) is 3.27. The third-order valence-corrected chi connectivity index (χ3v) is 7.35.